The number of thioether (sulfide) groups is 1. The van der Waals surface area contributed by atoms with Crippen LogP contribution in [0.15, 0.2) is 24.3 Å². The van der Waals surface area contributed by atoms with Crippen molar-refractivity contribution in [2.24, 2.45) is 0 Å². The van der Waals surface area contributed by atoms with E-state index < -0.39 is 21.8 Å². The van der Waals surface area contributed by atoms with E-state index in [4.69, 9.17) is 16.3 Å². The summed E-state index contributed by atoms with van der Waals surface area (Å²) in [7, 11) is 0. The number of carbonyl (C=O) groups excluding carboxylic acids is 3. The molecule has 2 rings (SSSR count). The lowest BCUT2D eigenvalue weighted by Gasteiger charge is -2.40. The lowest BCUT2D eigenvalue weighted by atomic mass is 10.2. The van der Waals surface area contributed by atoms with E-state index in [2.05, 4.69) is 0 Å². The van der Waals surface area contributed by atoms with Crippen molar-refractivity contribution in [1.82, 2.24) is 4.90 Å². The van der Waals surface area contributed by atoms with E-state index in [-0.39, 0.29) is 29.7 Å². The molecule has 1 amide bonds. The largest absolute Gasteiger partial charge is 0.458 e. The predicted molar refractivity (Wildman–Crippen MR) is 86.1 cm³/mol. The van der Waals surface area contributed by atoms with Gasteiger partial charge < -0.3 is 9.64 Å². The SMILES string of the molecule is CC(=O)SC1CC(=O)N1C(Cl)C(=O)OCc1ccc([N+](=O)[O-])cc1. The highest BCUT2D eigenvalue weighted by atomic mass is 35.5. The monoisotopic (exact) mass is 372 g/mol. The minimum Gasteiger partial charge on any atom is -0.458 e. The number of halogens is 1. The fraction of sp³-hybridized carbons (Fsp3) is 0.357. The molecule has 10 heteroatoms. The van der Waals surface area contributed by atoms with Crippen molar-refractivity contribution < 1.29 is 24.0 Å². The van der Waals surface area contributed by atoms with Crippen molar-refractivity contribution in [3.05, 3.63) is 39.9 Å². The number of amides is 1. The summed E-state index contributed by atoms with van der Waals surface area (Å²) < 4.78 is 5.02. The maximum Gasteiger partial charge on any atom is 0.345 e. The number of ether oxygens (including phenoxy) is 1. The minimum atomic E-state index is -1.32. The van der Waals surface area contributed by atoms with Crippen LogP contribution in [0.25, 0.3) is 0 Å². The fourth-order valence-electron chi connectivity index (χ4n) is 2.01. The Morgan fingerprint density at radius 3 is 2.58 bits per heavy atom. The van der Waals surface area contributed by atoms with Crippen LogP contribution in [-0.2, 0) is 25.7 Å². The molecule has 2 unspecified atom stereocenters. The number of β-lactam (4-membered cyclic amide) rings is 1. The second-order valence-corrected chi connectivity index (χ2v) is 6.70. The third-order valence-electron chi connectivity index (χ3n) is 3.22. The average Bonchev–Trinajstić information content (AvgIpc) is 2.51. The Bertz CT molecular complexity index is 680. The number of alkyl halides is 1. The first kappa shape index (κ1) is 18.2. The molecule has 1 saturated heterocycles. The molecule has 1 aliphatic rings. The zero-order chi connectivity index (χ0) is 17.9. The normalized spacial score (nSPS) is 17.8. The molecule has 128 valence electrons. The van der Waals surface area contributed by atoms with Crippen molar-refractivity contribution in [3.8, 4) is 0 Å². The number of carbonyl (C=O) groups is 3. The van der Waals surface area contributed by atoms with E-state index in [0.29, 0.717) is 5.56 Å². The summed E-state index contributed by atoms with van der Waals surface area (Å²) in [6.07, 6.45) is 0.142. The molecular weight excluding hydrogens is 360 g/mol. The molecule has 0 aliphatic carbocycles. The van der Waals surface area contributed by atoms with Gasteiger partial charge in [-0.3, -0.25) is 19.7 Å². The summed E-state index contributed by atoms with van der Waals surface area (Å²) in [6.45, 7) is 1.23. The van der Waals surface area contributed by atoms with Gasteiger partial charge in [0.15, 0.2) is 5.12 Å². The summed E-state index contributed by atoms with van der Waals surface area (Å²) in [5.74, 6) is -1.15. The molecule has 1 fully saturated rings. The number of esters is 1. The standard InChI is InChI=1S/C14H13ClN2O6S/c1-8(18)24-12-6-11(19)16(12)13(15)14(20)23-7-9-2-4-10(5-3-9)17(21)22/h2-5,12-13H,6-7H2,1H3. The van der Waals surface area contributed by atoms with Crippen LogP contribution in [0.2, 0.25) is 0 Å². The van der Waals surface area contributed by atoms with Gasteiger partial charge in [0.25, 0.3) is 5.69 Å². The highest BCUT2D eigenvalue weighted by molar-refractivity contribution is 8.14. The zero-order valence-corrected chi connectivity index (χ0v) is 14.1. The third kappa shape index (κ3) is 4.24. The first-order chi connectivity index (χ1) is 11.3. The maximum absolute atomic E-state index is 12.0. The van der Waals surface area contributed by atoms with Crippen molar-refractivity contribution >= 4 is 46.0 Å². The van der Waals surface area contributed by atoms with Gasteiger partial charge in [-0.15, -0.1) is 0 Å². The number of benzene rings is 1. The number of nitro groups is 1. The Balaban J connectivity index is 1.90. The molecule has 0 spiro atoms. The van der Waals surface area contributed by atoms with Crippen LogP contribution in [0.5, 0.6) is 0 Å². The van der Waals surface area contributed by atoms with E-state index in [0.717, 1.165) is 16.7 Å². The van der Waals surface area contributed by atoms with E-state index in [1.165, 1.54) is 31.2 Å². The number of rotatable bonds is 6. The summed E-state index contributed by atoms with van der Waals surface area (Å²) >= 11 is 6.88. The molecule has 1 aliphatic heterocycles. The molecular formula is C14H13ClN2O6S. The summed E-state index contributed by atoms with van der Waals surface area (Å²) in [4.78, 5) is 45.8. The summed E-state index contributed by atoms with van der Waals surface area (Å²) in [5.41, 5.74) is -0.848. The maximum atomic E-state index is 12.0. The second-order valence-electron chi connectivity index (χ2n) is 4.94. The van der Waals surface area contributed by atoms with Crippen molar-refractivity contribution in [1.29, 1.82) is 0 Å². The molecule has 24 heavy (non-hydrogen) atoms. The first-order valence-electron chi connectivity index (χ1n) is 6.82. The molecule has 0 radical (unpaired) electrons. The van der Waals surface area contributed by atoms with Crippen molar-refractivity contribution in [3.63, 3.8) is 0 Å². The van der Waals surface area contributed by atoms with E-state index in [1.54, 1.807) is 0 Å². The Kier molecular flexibility index (Phi) is 5.79. The molecule has 0 bridgehead atoms. The summed E-state index contributed by atoms with van der Waals surface area (Å²) in [6, 6.07) is 5.50. The topological polar surface area (TPSA) is 107 Å². The van der Waals surface area contributed by atoms with Gasteiger partial charge in [0.05, 0.1) is 16.7 Å². The highest BCUT2D eigenvalue weighted by Gasteiger charge is 2.44. The number of nitrogens with zero attached hydrogens (tertiary/aromatic N) is 2. The Labute approximate surface area is 146 Å². The van der Waals surface area contributed by atoms with Crippen LogP contribution in [0.3, 0.4) is 0 Å². The van der Waals surface area contributed by atoms with Crippen molar-refractivity contribution in [2.45, 2.75) is 30.8 Å². The smallest absolute Gasteiger partial charge is 0.345 e. The number of non-ortho nitro benzene ring substituents is 1. The minimum absolute atomic E-state index is 0.0735. The Morgan fingerprint density at radius 2 is 2.08 bits per heavy atom. The molecule has 0 saturated carbocycles. The van der Waals surface area contributed by atoms with Crippen LogP contribution in [0.1, 0.15) is 18.9 Å². The van der Waals surface area contributed by atoms with E-state index in [9.17, 15) is 24.5 Å². The number of hydrogen-bond acceptors (Lipinski definition) is 7. The van der Waals surface area contributed by atoms with E-state index >= 15 is 0 Å². The second kappa shape index (κ2) is 7.63. The lowest BCUT2D eigenvalue weighted by Crippen LogP contribution is -2.57. The predicted octanol–water partition coefficient (Wildman–Crippen LogP) is 2.04. The fourth-order valence-corrected chi connectivity index (χ4v) is 3.35. The van der Waals surface area contributed by atoms with Crippen LogP contribution >= 0.6 is 23.4 Å². The van der Waals surface area contributed by atoms with Gasteiger partial charge in [0.2, 0.25) is 11.4 Å². The zero-order valence-electron chi connectivity index (χ0n) is 12.5. The van der Waals surface area contributed by atoms with Crippen LogP contribution in [0.4, 0.5) is 5.69 Å². The van der Waals surface area contributed by atoms with Gasteiger partial charge in [0.1, 0.15) is 6.61 Å². The molecule has 1 heterocycles. The van der Waals surface area contributed by atoms with Gasteiger partial charge in [-0.05, 0) is 17.7 Å². The average molecular weight is 373 g/mol. The first-order valence-corrected chi connectivity index (χ1v) is 8.13. The van der Waals surface area contributed by atoms with Gasteiger partial charge in [0, 0.05) is 19.1 Å². The number of nitro benzene ring substituents is 1. The van der Waals surface area contributed by atoms with Crippen LogP contribution < -0.4 is 0 Å². The van der Waals surface area contributed by atoms with Gasteiger partial charge in [-0.25, -0.2) is 4.79 Å². The molecule has 2 atom stereocenters. The van der Waals surface area contributed by atoms with Gasteiger partial charge >= 0.3 is 5.97 Å². The molecule has 0 N–H and O–H groups in total. The van der Waals surface area contributed by atoms with Gasteiger partial charge in [-0.1, -0.05) is 23.4 Å². The molecule has 1 aromatic rings. The third-order valence-corrected chi connectivity index (χ3v) is 4.60. The summed E-state index contributed by atoms with van der Waals surface area (Å²) in [5, 5.41) is 9.91. The molecule has 1 aromatic carbocycles. The lowest BCUT2D eigenvalue weighted by molar-refractivity contribution is -0.384. The molecule has 0 aromatic heterocycles. The number of hydrogen-bond donors (Lipinski definition) is 0. The quantitative estimate of drug-likeness (QED) is 0.188. The van der Waals surface area contributed by atoms with Crippen molar-refractivity contribution in [2.75, 3.05) is 0 Å². The Morgan fingerprint density at radius 1 is 1.46 bits per heavy atom. The Hall–Kier alpha value is -2.13. The van der Waals surface area contributed by atoms with Crippen LogP contribution in [-0.4, -0.2) is 37.7 Å². The van der Waals surface area contributed by atoms with E-state index in [1.807, 2.05) is 0 Å². The highest BCUT2D eigenvalue weighted by Crippen LogP contribution is 2.33. The van der Waals surface area contributed by atoms with Gasteiger partial charge in [-0.2, -0.15) is 0 Å². The number of likely N-dealkylation sites (tertiary alicyclic amines) is 1. The van der Waals surface area contributed by atoms with Crippen LogP contribution in [0, 0.1) is 10.1 Å². The molecule has 8 nitrogen and oxygen atoms in total.